The summed E-state index contributed by atoms with van der Waals surface area (Å²) in [5, 5.41) is 8.38. The molecule has 0 spiro atoms. The van der Waals surface area contributed by atoms with E-state index in [1.165, 1.54) is 0 Å². The Hall–Kier alpha value is -4.58. The number of fused-ring (bicyclic) bond motifs is 2. The van der Waals surface area contributed by atoms with Gasteiger partial charge in [0, 0.05) is 55.2 Å². The molecule has 1 fully saturated rings. The van der Waals surface area contributed by atoms with Crippen LogP contribution in [0, 0.1) is 6.92 Å². The van der Waals surface area contributed by atoms with Crippen LogP contribution in [0.15, 0.2) is 55.5 Å². The first kappa shape index (κ1) is 22.6. The van der Waals surface area contributed by atoms with Crippen molar-refractivity contribution < 1.29 is 8.78 Å². The van der Waals surface area contributed by atoms with E-state index >= 15 is 0 Å². The summed E-state index contributed by atoms with van der Waals surface area (Å²) in [6, 6.07) is 5.75. The Morgan fingerprint density at radius 3 is 2.82 bits per heavy atom. The molecular weight excluding hydrogens is 490 g/mol. The highest BCUT2D eigenvalue weighted by Crippen LogP contribution is 2.31. The van der Waals surface area contributed by atoms with Gasteiger partial charge in [0.15, 0.2) is 11.6 Å². The average Bonchev–Trinajstić information content (AvgIpc) is 3.69. The maximum absolute atomic E-state index is 13.6. The number of pyridine rings is 3. The molecule has 2 N–H and O–H groups in total. The van der Waals surface area contributed by atoms with Crippen molar-refractivity contribution in [1.82, 2.24) is 49.6 Å². The largest absolute Gasteiger partial charge is 0.336 e. The summed E-state index contributed by atoms with van der Waals surface area (Å²) in [5.74, 6) is -1.36. The minimum atomic E-state index is -2.62. The Morgan fingerprint density at radius 2 is 2.00 bits per heavy atom. The lowest BCUT2D eigenvalue weighted by Gasteiger charge is -2.15. The molecule has 1 aliphatic heterocycles. The van der Waals surface area contributed by atoms with Crippen LogP contribution in [0.5, 0.6) is 0 Å². The zero-order valence-corrected chi connectivity index (χ0v) is 20.4. The van der Waals surface area contributed by atoms with Crippen molar-refractivity contribution in [3.8, 4) is 28.6 Å². The predicted molar refractivity (Wildman–Crippen MR) is 137 cm³/mol. The van der Waals surface area contributed by atoms with Crippen molar-refractivity contribution in [1.29, 1.82) is 0 Å². The Labute approximate surface area is 214 Å². The van der Waals surface area contributed by atoms with Crippen molar-refractivity contribution in [2.75, 3.05) is 13.1 Å². The highest BCUT2D eigenvalue weighted by atomic mass is 19.3. The van der Waals surface area contributed by atoms with E-state index < -0.39 is 5.92 Å². The zero-order chi connectivity index (χ0) is 25.9. The molecular formula is C26H22F2N10. The fraction of sp³-hybridized carbons (Fsp3) is 0.231. The third kappa shape index (κ3) is 3.98. The molecule has 0 saturated carbocycles. The molecule has 7 heterocycles. The van der Waals surface area contributed by atoms with Gasteiger partial charge in [0.25, 0.3) is 5.92 Å². The molecule has 0 bridgehead atoms. The van der Waals surface area contributed by atoms with Gasteiger partial charge in [-0.25, -0.2) is 23.7 Å². The van der Waals surface area contributed by atoms with Gasteiger partial charge >= 0.3 is 0 Å². The minimum absolute atomic E-state index is 0.108. The topological polar surface area (TPSA) is 117 Å². The lowest BCUT2D eigenvalue weighted by atomic mass is 10.1. The van der Waals surface area contributed by atoms with E-state index in [1.807, 2.05) is 35.9 Å². The van der Waals surface area contributed by atoms with Crippen LogP contribution in [-0.4, -0.2) is 68.6 Å². The first-order chi connectivity index (χ1) is 18.4. The van der Waals surface area contributed by atoms with Gasteiger partial charge in [-0.05, 0) is 30.7 Å². The molecule has 6 aromatic heterocycles. The fourth-order valence-electron chi connectivity index (χ4n) is 4.93. The van der Waals surface area contributed by atoms with Crippen molar-refractivity contribution in [2.45, 2.75) is 25.8 Å². The van der Waals surface area contributed by atoms with Gasteiger partial charge in [0.05, 0.1) is 35.2 Å². The Morgan fingerprint density at radius 1 is 1.08 bits per heavy atom. The maximum Gasteiger partial charge on any atom is 0.261 e. The van der Waals surface area contributed by atoms with Gasteiger partial charge in [-0.1, -0.05) is 0 Å². The number of likely N-dealkylation sites (tertiary alicyclic amines) is 1. The molecule has 190 valence electrons. The number of rotatable bonds is 5. The number of halogens is 2. The van der Waals surface area contributed by atoms with E-state index in [1.54, 1.807) is 36.0 Å². The van der Waals surface area contributed by atoms with Crippen LogP contribution < -0.4 is 0 Å². The molecule has 6 aromatic rings. The number of aryl methyl sites for hydroxylation is 1. The summed E-state index contributed by atoms with van der Waals surface area (Å²) in [6.45, 7) is 2.48. The molecule has 10 nitrogen and oxygen atoms in total. The predicted octanol–water partition coefficient (Wildman–Crippen LogP) is 4.29. The lowest BCUT2D eigenvalue weighted by Crippen LogP contribution is -2.24. The Kier molecular flexibility index (Phi) is 5.05. The van der Waals surface area contributed by atoms with Gasteiger partial charge in [-0.15, -0.1) is 0 Å². The first-order valence-corrected chi connectivity index (χ1v) is 12.2. The number of hydrogen-bond acceptors (Lipinski definition) is 7. The van der Waals surface area contributed by atoms with Gasteiger partial charge in [-0.2, -0.15) is 5.10 Å². The molecule has 0 unspecified atom stereocenters. The lowest BCUT2D eigenvalue weighted by molar-refractivity contribution is 0.0115. The summed E-state index contributed by atoms with van der Waals surface area (Å²) < 4.78 is 29.1. The van der Waals surface area contributed by atoms with Crippen molar-refractivity contribution in [2.24, 2.45) is 0 Å². The van der Waals surface area contributed by atoms with E-state index in [4.69, 9.17) is 4.98 Å². The smallest absolute Gasteiger partial charge is 0.261 e. The van der Waals surface area contributed by atoms with Crippen LogP contribution in [0.4, 0.5) is 8.78 Å². The van der Waals surface area contributed by atoms with Gasteiger partial charge in [0.1, 0.15) is 17.5 Å². The van der Waals surface area contributed by atoms with E-state index in [2.05, 4.69) is 35.1 Å². The normalized spacial score (nSPS) is 15.7. The maximum atomic E-state index is 13.6. The number of nitrogens with one attached hydrogen (secondary N) is 2. The summed E-state index contributed by atoms with van der Waals surface area (Å²) in [5.41, 5.74) is 6.19. The second-order valence-electron chi connectivity index (χ2n) is 9.62. The van der Waals surface area contributed by atoms with Crippen LogP contribution in [0.1, 0.15) is 17.7 Å². The van der Waals surface area contributed by atoms with Crippen LogP contribution in [0.2, 0.25) is 0 Å². The number of H-pyrrole nitrogens is 2. The monoisotopic (exact) mass is 512 g/mol. The number of aromatic nitrogens is 9. The highest BCUT2D eigenvalue weighted by Gasteiger charge is 2.37. The number of aromatic amines is 2. The van der Waals surface area contributed by atoms with Crippen LogP contribution in [0.25, 0.3) is 50.5 Å². The standard InChI is InChI=1S/C26H22F2N10/c1-15-11-38(14-32-15)25-23-19(2-4-30-25)33-24(34-23)22-18-7-20(31-10-21(18)35-36-22)17-6-16(8-29-9-17)12-37-5-3-26(27,28)13-37/h2,4,6-11,14H,3,5,12-13H2,1H3,(H,33,34)(H,35,36). The average molecular weight is 513 g/mol. The zero-order valence-electron chi connectivity index (χ0n) is 20.4. The minimum Gasteiger partial charge on any atom is -0.336 e. The van der Waals surface area contributed by atoms with E-state index in [0.29, 0.717) is 41.6 Å². The number of nitrogens with zero attached hydrogens (tertiary/aromatic N) is 8. The summed E-state index contributed by atoms with van der Waals surface area (Å²) in [7, 11) is 0. The third-order valence-corrected chi connectivity index (χ3v) is 6.75. The molecule has 0 aromatic carbocycles. The highest BCUT2D eigenvalue weighted by molar-refractivity contribution is 5.95. The Bertz CT molecular complexity index is 1800. The van der Waals surface area contributed by atoms with Gasteiger partial charge in [0.2, 0.25) is 0 Å². The molecule has 0 aliphatic carbocycles. The van der Waals surface area contributed by atoms with Crippen molar-refractivity contribution in [3.63, 3.8) is 0 Å². The van der Waals surface area contributed by atoms with Crippen molar-refractivity contribution >= 4 is 21.9 Å². The second-order valence-corrected chi connectivity index (χ2v) is 9.62. The van der Waals surface area contributed by atoms with Crippen molar-refractivity contribution in [3.05, 3.63) is 66.8 Å². The van der Waals surface area contributed by atoms with E-state index in [-0.39, 0.29) is 13.0 Å². The fourth-order valence-corrected chi connectivity index (χ4v) is 4.93. The number of imidazole rings is 2. The molecule has 0 radical (unpaired) electrons. The van der Waals surface area contributed by atoms with Crippen LogP contribution in [0.3, 0.4) is 0 Å². The number of alkyl halides is 2. The molecule has 12 heteroatoms. The molecule has 0 amide bonds. The summed E-state index contributed by atoms with van der Waals surface area (Å²) in [4.78, 5) is 27.7. The third-order valence-electron chi connectivity index (χ3n) is 6.75. The molecule has 1 saturated heterocycles. The number of hydrogen-bond donors (Lipinski definition) is 2. The van der Waals surface area contributed by atoms with Gasteiger partial charge < -0.3 is 4.98 Å². The van der Waals surface area contributed by atoms with E-state index in [9.17, 15) is 8.78 Å². The first-order valence-electron chi connectivity index (χ1n) is 12.2. The summed E-state index contributed by atoms with van der Waals surface area (Å²) >= 11 is 0. The molecule has 0 atom stereocenters. The second kappa shape index (κ2) is 8.48. The summed E-state index contributed by atoms with van der Waals surface area (Å²) in [6.07, 6.45) is 10.4. The van der Waals surface area contributed by atoms with Gasteiger partial charge in [-0.3, -0.25) is 24.5 Å². The quantitative estimate of drug-likeness (QED) is 0.354. The Balaban J connectivity index is 1.24. The van der Waals surface area contributed by atoms with E-state index in [0.717, 1.165) is 33.2 Å². The van der Waals surface area contributed by atoms with Crippen LogP contribution in [-0.2, 0) is 6.54 Å². The SMILES string of the molecule is Cc1cn(-c2nccc3[nH]c(-c4n[nH]c5cnc(-c6cncc(CN7CCC(F)(F)C7)c6)cc45)nc23)cn1. The molecule has 38 heavy (non-hydrogen) atoms. The van der Waals surface area contributed by atoms with Crippen LogP contribution >= 0.6 is 0 Å². The molecule has 7 rings (SSSR count). The molecule has 1 aliphatic rings.